The first kappa shape index (κ1) is 20.0. The van der Waals surface area contributed by atoms with E-state index in [-0.39, 0.29) is 31.1 Å². The van der Waals surface area contributed by atoms with Gasteiger partial charge in [-0.15, -0.1) is 0 Å². The van der Waals surface area contributed by atoms with E-state index in [0.717, 1.165) is 0 Å². The summed E-state index contributed by atoms with van der Waals surface area (Å²) in [5, 5.41) is 2.67. The molecule has 0 aliphatic rings. The first-order valence-corrected chi connectivity index (χ1v) is 8.28. The lowest BCUT2D eigenvalue weighted by atomic mass is 10.1. The second-order valence-electron chi connectivity index (χ2n) is 5.59. The van der Waals surface area contributed by atoms with Crippen LogP contribution in [-0.4, -0.2) is 38.5 Å². The molecular weight excluding hydrogens is 350 g/mol. The second kappa shape index (κ2) is 9.96. The minimum absolute atomic E-state index is 0.0401. The molecule has 0 heterocycles. The number of Topliss-reactive ketones (excluding diaryl/α,β-unsaturated/α-hetero) is 1. The Bertz CT molecular complexity index is 783. The third-order valence-corrected chi connectivity index (χ3v) is 3.71. The highest BCUT2D eigenvalue weighted by Gasteiger charge is 2.12. The molecule has 1 N–H and O–H groups in total. The molecule has 0 aliphatic carbocycles. The molecule has 0 atom stereocenters. The molecule has 1 amide bonds. The minimum atomic E-state index is -0.609. The molecule has 7 nitrogen and oxygen atoms in total. The zero-order valence-electron chi connectivity index (χ0n) is 15.2. The van der Waals surface area contributed by atoms with Crippen LogP contribution >= 0.6 is 0 Å². The molecule has 2 rings (SSSR count). The smallest absolute Gasteiger partial charge is 0.306 e. The third kappa shape index (κ3) is 6.47. The Kier molecular flexibility index (Phi) is 7.37. The van der Waals surface area contributed by atoms with E-state index in [2.05, 4.69) is 5.32 Å². The minimum Gasteiger partial charge on any atom is -0.497 e. The molecule has 0 saturated heterocycles. The lowest BCUT2D eigenvalue weighted by Crippen LogP contribution is -2.17. The quantitative estimate of drug-likeness (QED) is 0.538. The summed E-state index contributed by atoms with van der Waals surface area (Å²) in [6, 6.07) is 13.3. The summed E-state index contributed by atoms with van der Waals surface area (Å²) in [5.74, 6) is 0.0542. The van der Waals surface area contributed by atoms with Crippen LogP contribution in [0.5, 0.6) is 11.5 Å². The van der Waals surface area contributed by atoms with Gasteiger partial charge in [0.1, 0.15) is 11.5 Å². The summed E-state index contributed by atoms with van der Waals surface area (Å²) < 4.78 is 15.0. The predicted octanol–water partition coefficient (Wildman–Crippen LogP) is 2.85. The van der Waals surface area contributed by atoms with E-state index < -0.39 is 5.97 Å². The van der Waals surface area contributed by atoms with Crippen LogP contribution in [0.3, 0.4) is 0 Å². The predicted molar refractivity (Wildman–Crippen MR) is 99.1 cm³/mol. The molecule has 142 valence electrons. The number of carbonyl (C=O) groups excluding carboxylic acids is 3. The first-order valence-electron chi connectivity index (χ1n) is 8.28. The van der Waals surface area contributed by atoms with Gasteiger partial charge < -0.3 is 19.5 Å². The summed E-state index contributed by atoms with van der Waals surface area (Å²) in [6.07, 6.45) is -0.153. The maximum atomic E-state index is 12.0. The van der Waals surface area contributed by atoms with Crippen LogP contribution in [0.25, 0.3) is 0 Å². The second-order valence-corrected chi connectivity index (χ2v) is 5.59. The summed E-state index contributed by atoms with van der Waals surface area (Å²) in [5.41, 5.74) is 1.02. The van der Waals surface area contributed by atoms with E-state index in [1.54, 1.807) is 55.6 Å². The zero-order valence-corrected chi connectivity index (χ0v) is 15.2. The SMILES string of the molecule is COc1ccc(NC(=O)CCC(=O)OCC(=O)c2ccc(OC)cc2)cc1. The maximum Gasteiger partial charge on any atom is 0.306 e. The van der Waals surface area contributed by atoms with Crippen molar-refractivity contribution < 1.29 is 28.6 Å². The number of benzene rings is 2. The van der Waals surface area contributed by atoms with Gasteiger partial charge in [0.2, 0.25) is 5.91 Å². The van der Waals surface area contributed by atoms with Crippen LogP contribution < -0.4 is 14.8 Å². The van der Waals surface area contributed by atoms with Gasteiger partial charge in [-0.2, -0.15) is 0 Å². The maximum absolute atomic E-state index is 12.0. The normalized spacial score (nSPS) is 10.0. The van der Waals surface area contributed by atoms with Crippen molar-refractivity contribution in [2.75, 3.05) is 26.1 Å². The monoisotopic (exact) mass is 371 g/mol. The number of hydrogen-bond acceptors (Lipinski definition) is 6. The largest absolute Gasteiger partial charge is 0.497 e. The molecule has 0 radical (unpaired) electrons. The molecule has 0 fully saturated rings. The molecule has 7 heteroatoms. The lowest BCUT2D eigenvalue weighted by Gasteiger charge is -2.07. The van der Waals surface area contributed by atoms with Crippen molar-refractivity contribution >= 4 is 23.3 Å². The van der Waals surface area contributed by atoms with Crippen LogP contribution in [0.15, 0.2) is 48.5 Å². The van der Waals surface area contributed by atoms with Gasteiger partial charge in [0, 0.05) is 17.7 Å². The van der Waals surface area contributed by atoms with Gasteiger partial charge >= 0.3 is 5.97 Å². The molecule has 0 spiro atoms. The average Bonchev–Trinajstić information content (AvgIpc) is 2.71. The Hall–Kier alpha value is -3.35. The summed E-state index contributed by atoms with van der Waals surface area (Å²) in [4.78, 5) is 35.6. The highest BCUT2D eigenvalue weighted by Crippen LogP contribution is 2.15. The van der Waals surface area contributed by atoms with Crippen LogP contribution in [0.1, 0.15) is 23.2 Å². The number of amides is 1. The van der Waals surface area contributed by atoms with Gasteiger partial charge in [-0.1, -0.05) is 0 Å². The fraction of sp³-hybridized carbons (Fsp3) is 0.250. The Balaban J connectivity index is 1.71. The van der Waals surface area contributed by atoms with Crippen molar-refractivity contribution in [2.24, 2.45) is 0 Å². The summed E-state index contributed by atoms with van der Waals surface area (Å²) in [7, 11) is 3.09. The van der Waals surface area contributed by atoms with E-state index in [1.165, 1.54) is 7.11 Å². The van der Waals surface area contributed by atoms with E-state index in [4.69, 9.17) is 14.2 Å². The van der Waals surface area contributed by atoms with Crippen molar-refractivity contribution in [2.45, 2.75) is 12.8 Å². The molecule has 0 unspecified atom stereocenters. The molecule has 27 heavy (non-hydrogen) atoms. The fourth-order valence-corrected chi connectivity index (χ4v) is 2.19. The highest BCUT2D eigenvalue weighted by molar-refractivity contribution is 5.98. The number of nitrogens with one attached hydrogen (secondary N) is 1. The molecule has 0 bridgehead atoms. The summed E-state index contributed by atoms with van der Waals surface area (Å²) >= 11 is 0. The lowest BCUT2D eigenvalue weighted by molar-refractivity contribution is -0.143. The van der Waals surface area contributed by atoms with Crippen LogP contribution in [0.4, 0.5) is 5.69 Å². The number of carbonyl (C=O) groups is 3. The average molecular weight is 371 g/mol. The fourth-order valence-electron chi connectivity index (χ4n) is 2.19. The van der Waals surface area contributed by atoms with Crippen LogP contribution in [-0.2, 0) is 14.3 Å². The van der Waals surface area contributed by atoms with Gasteiger partial charge in [0.15, 0.2) is 12.4 Å². The van der Waals surface area contributed by atoms with E-state index >= 15 is 0 Å². The zero-order chi connectivity index (χ0) is 19.6. The van der Waals surface area contributed by atoms with Crippen LogP contribution in [0.2, 0.25) is 0 Å². The third-order valence-electron chi connectivity index (χ3n) is 3.71. The summed E-state index contributed by atoms with van der Waals surface area (Å²) in [6.45, 7) is -0.370. The van der Waals surface area contributed by atoms with Gasteiger partial charge in [0.05, 0.1) is 20.6 Å². The number of methoxy groups -OCH3 is 2. The number of rotatable bonds is 9. The van der Waals surface area contributed by atoms with Crippen molar-refractivity contribution in [3.8, 4) is 11.5 Å². The number of esters is 1. The van der Waals surface area contributed by atoms with E-state index in [9.17, 15) is 14.4 Å². The Morgan fingerprint density at radius 1 is 0.815 bits per heavy atom. The molecule has 0 aliphatic heterocycles. The Morgan fingerprint density at radius 3 is 1.93 bits per heavy atom. The van der Waals surface area contributed by atoms with E-state index in [0.29, 0.717) is 22.7 Å². The van der Waals surface area contributed by atoms with Gasteiger partial charge in [0.25, 0.3) is 0 Å². The number of ether oxygens (including phenoxy) is 3. The van der Waals surface area contributed by atoms with Crippen LogP contribution in [0, 0.1) is 0 Å². The van der Waals surface area contributed by atoms with Gasteiger partial charge in [-0.25, -0.2) is 0 Å². The number of anilines is 1. The van der Waals surface area contributed by atoms with Gasteiger partial charge in [-0.3, -0.25) is 14.4 Å². The van der Waals surface area contributed by atoms with Gasteiger partial charge in [-0.05, 0) is 48.5 Å². The molecule has 2 aromatic rings. The van der Waals surface area contributed by atoms with E-state index in [1.807, 2.05) is 0 Å². The molecule has 2 aromatic carbocycles. The van der Waals surface area contributed by atoms with Crippen molar-refractivity contribution in [3.63, 3.8) is 0 Å². The van der Waals surface area contributed by atoms with Crippen molar-refractivity contribution in [1.82, 2.24) is 0 Å². The van der Waals surface area contributed by atoms with Crippen molar-refractivity contribution in [3.05, 3.63) is 54.1 Å². The molecular formula is C20H21NO6. The Morgan fingerprint density at radius 2 is 1.37 bits per heavy atom. The van der Waals surface area contributed by atoms with Crippen molar-refractivity contribution in [1.29, 1.82) is 0 Å². The number of ketones is 1. The highest BCUT2D eigenvalue weighted by atomic mass is 16.5. The number of hydrogen-bond donors (Lipinski definition) is 1. The standard InChI is InChI=1S/C20H21NO6/c1-25-16-7-3-14(4-8-16)18(22)13-27-20(24)12-11-19(23)21-15-5-9-17(26-2)10-6-15/h3-10H,11-13H2,1-2H3,(H,21,23). The Labute approximate surface area is 157 Å². The molecule has 0 aromatic heterocycles. The first-order chi connectivity index (χ1) is 13.0. The topological polar surface area (TPSA) is 90.9 Å². The molecule has 0 saturated carbocycles.